The summed E-state index contributed by atoms with van der Waals surface area (Å²) >= 11 is 0. The van der Waals surface area contributed by atoms with Gasteiger partial charge in [0.15, 0.2) is 0 Å². The van der Waals surface area contributed by atoms with Gasteiger partial charge in [-0.1, -0.05) is 6.92 Å². The Bertz CT molecular complexity index is 304. The molecular weight excluding hydrogens is 214 g/mol. The van der Waals surface area contributed by atoms with Gasteiger partial charge in [-0.25, -0.2) is 13.1 Å². The van der Waals surface area contributed by atoms with E-state index in [0.29, 0.717) is 13.1 Å². The molecule has 0 spiro atoms. The summed E-state index contributed by atoms with van der Waals surface area (Å²) in [6, 6.07) is 0. The molecule has 1 atom stereocenters. The van der Waals surface area contributed by atoms with Crippen LogP contribution in [0.15, 0.2) is 0 Å². The molecule has 15 heavy (non-hydrogen) atoms. The Balaban J connectivity index is 2.26. The predicted molar refractivity (Wildman–Crippen MR) is 61.1 cm³/mol. The molecule has 6 heteroatoms. The molecule has 1 saturated heterocycles. The zero-order chi connectivity index (χ0) is 11.5. The number of likely N-dealkylation sites (tertiary alicyclic amines) is 1. The van der Waals surface area contributed by atoms with E-state index in [2.05, 4.69) is 16.5 Å². The van der Waals surface area contributed by atoms with Crippen molar-refractivity contribution in [1.82, 2.24) is 9.62 Å². The van der Waals surface area contributed by atoms with E-state index < -0.39 is 10.0 Å². The maximum Gasteiger partial charge on any atom is 0.208 e. The molecule has 1 aliphatic rings. The second kappa shape index (κ2) is 4.78. The van der Waals surface area contributed by atoms with Crippen molar-refractivity contribution in [3.05, 3.63) is 0 Å². The summed E-state index contributed by atoms with van der Waals surface area (Å²) in [6.07, 6.45) is 2.28. The Morgan fingerprint density at radius 2 is 2.20 bits per heavy atom. The van der Waals surface area contributed by atoms with Crippen LogP contribution >= 0.6 is 0 Å². The molecule has 3 N–H and O–H groups in total. The van der Waals surface area contributed by atoms with Crippen LogP contribution in [0.1, 0.15) is 13.3 Å². The number of hydrogen-bond acceptors (Lipinski definition) is 4. The van der Waals surface area contributed by atoms with Gasteiger partial charge in [-0.15, -0.1) is 0 Å². The van der Waals surface area contributed by atoms with E-state index in [0.717, 1.165) is 26.1 Å². The minimum Gasteiger partial charge on any atom is -0.330 e. The average molecular weight is 235 g/mol. The molecule has 1 unspecified atom stereocenters. The summed E-state index contributed by atoms with van der Waals surface area (Å²) in [5.74, 6) is 0. The third-order valence-corrected chi connectivity index (χ3v) is 3.65. The number of rotatable bonds is 5. The highest BCUT2D eigenvalue weighted by Gasteiger charge is 2.31. The van der Waals surface area contributed by atoms with E-state index in [-0.39, 0.29) is 5.41 Å². The fourth-order valence-electron chi connectivity index (χ4n) is 1.87. The molecule has 5 nitrogen and oxygen atoms in total. The first kappa shape index (κ1) is 12.9. The highest BCUT2D eigenvalue weighted by molar-refractivity contribution is 7.88. The SMILES string of the molecule is CC1(CN)CCN(CCNS(C)(=O)=O)C1. The third-order valence-electron chi connectivity index (χ3n) is 2.92. The van der Waals surface area contributed by atoms with Crippen LogP contribution in [0, 0.1) is 5.41 Å². The summed E-state index contributed by atoms with van der Waals surface area (Å²) in [6.45, 7) is 6.11. The third kappa shape index (κ3) is 4.46. The molecule has 0 bridgehead atoms. The van der Waals surface area contributed by atoms with Crippen molar-refractivity contribution < 1.29 is 8.42 Å². The van der Waals surface area contributed by atoms with Gasteiger partial charge in [-0.2, -0.15) is 0 Å². The molecule has 0 aromatic carbocycles. The second-order valence-corrected chi connectivity index (χ2v) is 6.54. The Morgan fingerprint density at radius 1 is 1.53 bits per heavy atom. The zero-order valence-corrected chi connectivity index (χ0v) is 10.3. The van der Waals surface area contributed by atoms with Crippen molar-refractivity contribution in [3.63, 3.8) is 0 Å². The quantitative estimate of drug-likeness (QED) is 0.654. The van der Waals surface area contributed by atoms with Gasteiger partial charge < -0.3 is 10.6 Å². The van der Waals surface area contributed by atoms with Gasteiger partial charge in [0.05, 0.1) is 6.26 Å². The van der Waals surface area contributed by atoms with Gasteiger partial charge in [0.1, 0.15) is 0 Å². The summed E-state index contributed by atoms with van der Waals surface area (Å²) in [7, 11) is -3.05. The summed E-state index contributed by atoms with van der Waals surface area (Å²) < 4.78 is 24.2. The van der Waals surface area contributed by atoms with E-state index in [1.54, 1.807) is 0 Å². The monoisotopic (exact) mass is 235 g/mol. The Morgan fingerprint density at radius 3 is 2.67 bits per heavy atom. The van der Waals surface area contributed by atoms with Crippen LogP contribution in [-0.2, 0) is 10.0 Å². The fourth-order valence-corrected chi connectivity index (χ4v) is 2.33. The first-order valence-electron chi connectivity index (χ1n) is 5.22. The van der Waals surface area contributed by atoms with Crippen molar-refractivity contribution >= 4 is 10.0 Å². The van der Waals surface area contributed by atoms with Gasteiger partial charge in [0.25, 0.3) is 0 Å². The summed E-state index contributed by atoms with van der Waals surface area (Å²) in [5.41, 5.74) is 5.90. The number of sulfonamides is 1. The van der Waals surface area contributed by atoms with Gasteiger partial charge in [-0.05, 0) is 24.9 Å². The molecule has 0 amide bonds. The Kier molecular flexibility index (Phi) is 4.11. The molecule has 1 heterocycles. The minimum atomic E-state index is -3.05. The van der Waals surface area contributed by atoms with Crippen LogP contribution < -0.4 is 10.5 Å². The lowest BCUT2D eigenvalue weighted by Gasteiger charge is -2.22. The largest absolute Gasteiger partial charge is 0.330 e. The molecular formula is C9H21N3O2S. The Labute approximate surface area is 92.1 Å². The molecule has 1 rings (SSSR count). The summed E-state index contributed by atoms with van der Waals surface area (Å²) in [5, 5.41) is 0. The lowest BCUT2D eigenvalue weighted by atomic mass is 9.90. The first-order chi connectivity index (χ1) is 6.85. The molecule has 0 aromatic rings. The first-order valence-corrected chi connectivity index (χ1v) is 7.11. The molecule has 90 valence electrons. The molecule has 1 fully saturated rings. The van der Waals surface area contributed by atoms with E-state index in [1.807, 2.05) is 0 Å². The van der Waals surface area contributed by atoms with E-state index >= 15 is 0 Å². The van der Waals surface area contributed by atoms with Crippen LogP contribution in [0.4, 0.5) is 0 Å². The van der Waals surface area contributed by atoms with Gasteiger partial charge in [0.2, 0.25) is 10.0 Å². The van der Waals surface area contributed by atoms with Crippen molar-refractivity contribution in [2.75, 3.05) is 39.0 Å². The molecule has 0 aromatic heterocycles. The minimum absolute atomic E-state index is 0.213. The second-order valence-electron chi connectivity index (χ2n) is 4.71. The van der Waals surface area contributed by atoms with Crippen molar-refractivity contribution in [3.8, 4) is 0 Å². The lowest BCUT2D eigenvalue weighted by molar-refractivity contribution is 0.284. The van der Waals surface area contributed by atoms with E-state index in [9.17, 15) is 8.42 Å². The zero-order valence-electron chi connectivity index (χ0n) is 9.49. The average Bonchev–Trinajstić information content (AvgIpc) is 2.47. The van der Waals surface area contributed by atoms with Crippen LogP contribution in [-0.4, -0.2) is 52.3 Å². The normalized spacial score (nSPS) is 28.5. The Hall–Kier alpha value is -0.170. The lowest BCUT2D eigenvalue weighted by Crippen LogP contribution is -2.36. The van der Waals surface area contributed by atoms with Gasteiger partial charge in [0, 0.05) is 19.6 Å². The predicted octanol–water partition coefficient (Wildman–Crippen LogP) is -0.794. The molecule has 0 saturated carbocycles. The van der Waals surface area contributed by atoms with E-state index in [1.165, 1.54) is 6.26 Å². The van der Waals surface area contributed by atoms with Crippen molar-refractivity contribution in [2.45, 2.75) is 13.3 Å². The van der Waals surface area contributed by atoms with Crippen LogP contribution in [0.2, 0.25) is 0 Å². The highest BCUT2D eigenvalue weighted by Crippen LogP contribution is 2.27. The number of nitrogens with zero attached hydrogens (tertiary/aromatic N) is 1. The topological polar surface area (TPSA) is 75.4 Å². The fraction of sp³-hybridized carbons (Fsp3) is 1.00. The maximum absolute atomic E-state index is 10.8. The highest BCUT2D eigenvalue weighted by atomic mass is 32.2. The smallest absolute Gasteiger partial charge is 0.208 e. The van der Waals surface area contributed by atoms with Crippen LogP contribution in [0.5, 0.6) is 0 Å². The van der Waals surface area contributed by atoms with E-state index in [4.69, 9.17) is 5.73 Å². The van der Waals surface area contributed by atoms with Gasteiger partial charge >= 0.3 is 0 Å². The molecule has 0 aliphatic carbocycles. The molecule has 0 radical (unpaired) electrons. The number of nitrogens with two attached hydrogens (primary N) is 1. The van der Waals surface area contributed by atoms with Crippen LogP contribution in [0.3, 0.4) is 0 Å². The maximum atomic E-state index is 10.8. The van der Waals surface area contributed by atoms with Crippen molar-refractivity contribution in [2.24, 2.45) is 11.1 Å². The van der Waals surface area contributed by atoms with Crippen LogP contribution in [0.25, 0.3) is 0 Å². The van der Waals surface area contributed by atoms with Gasteiger partial charge in [-0.3, -0.25) is 0 Å². The number of nitrogens with one attached hydrogen (secondary N) is 1. The van der Waals surface area contributed by atoms with Crippen molar-refractivity contribution in [1.29, 1.82) is 0 Å². The molecule has 1 aliphatic heterocycles. The standard InChI is InChI=1S/C9H21N3O2S/c1-9(7-10)3-5-12(8-9)6-4-11-15(2,13)14/h11H,3-8,10H2,1-2H3. The summed E-state index contributed by atoms with van der Waals surface area (Å²) in [4.78, 5) is 2.26. The number of hydrogen-bond donors (Lipinski definition) is 2.